The van der Waals surface area contributed by atoms with E-state index in [4.69, 9.17) is 4.74 Å². The van der Waals surface area contributed by atoms with Crippen molar-refractivity contribution in [3.05, 3.63) is 29.8 Å². The van der Waals surface area contributed by atoms with Crippen LogP contribution in [0.5, 0.6) is 0 Å². The maximum atomic E-state index is 12.2. The van der Waals surface area contributed by atoms with E-state index in [0.29, 0.717) is 6.61 Å². The lowest BCUT2D eigenvalue weighted by molar-refractivity contribution is -0.150. The largest absolute Gasteiger partial charge is 0.465 e. The fourth-order valence-corrected chi connectivity index (χ4v) is 3.04. The first-order valence-electron chi connectivity index (χ1n) is 7.63. The Balaban J connectivity index is 2.55. The average molecular weight is 309 g/mol. The Morgan fingerprint density at radius 1 is 1.29 bits per heavy atom. The third-order valence-electron chi connectivity index (χ3n) is 3.38. The van der Waals surface area contributed by atoms with Gasteiger partial charge in [-0.05, 0) is 52.3 Å². The van der Waals surface area contributed by atoms with Crippen molar-refractivity contribution in [2.24, 2.45) is 0 Å². The number of hydrogen-bond donors (Lipinski definition) is 1. The molecule has 4 heteroatoms. The summed E-state index contributed by atoms with van der Waals surface area (Å²) in [5.41, 5.74) is 0.671. The summed E-state index contributed by atoms with van der Waals surface area (Å²) in [4.78, 5) is 13.4. The first-order valence-corrected chi connectivity index (χ1v) is 8.62. The van der Waals surface area contributed by atoms with E-state index in [1.54, 1.807) is 11.8 Å². The first-order chi connectivity index (χ1) is 10.0. The minimum absolute atomic E-state index is 0.150. The minimum Gasteiger partial charge on any atom is -0.465 e. The van der Waals surface area contributed by atoms with Crippen molar-refractivity contribution in [2.45, 2.75) is 51.0 Å². The number of nitrogens with one attached hydrogen (secondary N) is 1. The highest BCUT2D eigenvalue weighted by Gasteiger charge is 2.33. The van der Waals surface area contributed by atoms with Crippen LogP contribution in [0, 0.1) is 6.92 Å². The maximum Gasteiger partial charge on any atom is 0.326 e. The lowest BCUT2D eigenvalue weighted by Gasteiger charge is -2.28. The molecule has 1 unspecified atom stereocenters. The predicted molar refractivity (Wildman–Crippen MR) is 89.9 cm³/mol. The van der Waals surface area contributed by atoms with Gasteiger partial charge in [-0.15, -0.1) is 11.8 Å². The molecule has 1 aromatic carbocycles. The van der Waals surface area contributed by atoms with Crippen molar-refractivity contribution in [3.8, 4) is 0 Å². The molecule has 21 heavy (non-hydrogen) atoms. The van der Waals surface area contributed by atoms with E-state index >= 15 is 0 Å². The lowest BCUT2D eigenvalue weighted by Crippen LogP contribution is -2.51. The van der Waals surface area contributed by atoms with Gasteiger partial charge in [-0.2, -0.15) is 0 Å². The molecule has 0 aliphatic carbocycles. The van der Waals surface area contributed by atoms with Gasteiger partial charge in [0.15, 0.2) is 0 Å². The Morgan fingerprint density at radius 3 is 2.52 bits per heavy atom. The van der Waals surface area contributed by atoms with Gasteiger partial charge >= 0.3 is 5.97 Å². The van der Waals surface area contributed by atoms with Crippen molar-refractivity contribution in [3.63, 3.8) is 0 Å². The van der Waals surface area contributed by atoms with Gasteiger partial charge in [0.2, 0.25) is 0 Å². The van der Waals surface area contributed by atoms with Gasteiger partial charge in [0, 0.05) is 10.6 Å². The topological polar surface area (TPSA) is 38.3 Å². The second-order valence-corrected chi connectivity index (χ2v) is 6.56. The third kappa shape index (κ3) is 6.10. The van der Waals surface area contributed by atoms with Crippen LogP contribution in [0.2, 0.25) is 0 Å². The molecule has 0 saturated heterocycles. The number of carbonyl (C=O) groups excluding carboxylic acids is 1. The zero-order valence-corrected chi connectivity index (χ0v) is 14.4. The van der Waals surface area contributed by atoms with Crippen LogP contribution in [-0.2, 0) is 9.53 Å². The molecule has 1 N–H and O–H groups in total. The number of hydrogen-bond acceptors (Lipinski definition) is 4. The zero-order chi connectivity index (χ0) is 15.7. The van der Waals surface area contributed by atoms with Gasteiger partial charge in [-0.25, -0.2) is 0 Å². The van der Waals surface area contributed by atoms with Crippen LogP contribution >= 0.6 is 11.8 Å². The van der Waals surface area contributed by atoms with E-state index in [1.165, 1.54) is 10.5 Å². The van der Waals surface area contributed by atoms with Crippen LogP contribution < -0.4 is 5.32 Å². The fourth-order valence-electron chi connectivity index (χ4n) is 1.96. The molecule has 0 fully saturated rings. The summed E-state index contributed by atoms with van der Waals surface area (Å²) < 4.78 is 5.21. The summed E-state index contributed by atoms with van der Waals surface area (Å²) in [5, 5.41) is 3.34. The molecule has 0 bridgehead atoms. The highest BCUT2D eigenvalue weighted by molar-refractivity contribution is 7.99. The molecule has 0 aliphatic rings. The molecule has 0 saturated carbocycles. The molecule has 0 aliphatic heterocycles. The summed E-state index contributed by atoms with van der Waals surface area (Å²) in [5.74, 6) is 0.734. The summed E-state index contributed by atoms with van der Waals surface area (Å²) >= 11 is 1.78. The van der Waals surface area contributed by atoms with Crippen LogP contribution in [0.4, 0.5) is 0 Å². The number of ether oxygens (including phenoxy) is 1. The van der Waals surface area contributed by atoms with Gasteiger partial charge in [0.1, 0.15) is 5.54 Å². The van der Waals surface area contributed by atoms with Crippen molar-refractivity contribution >= 4 is 17.7 Å². The summed E-state index contributed by atoms with van der Waals surface area (Å²) in [6.07, 6.45) is 1.75. The molecule has 0 heterocycles. The number of benzene rings is 1. The van der Waals surface area contributed by atoms with Crippen LogP contribution in [0.3, 0.4) is 0 Å². The summed E-state index contributed by atoms with van der Waals surface area (Å²) in [6, 6.07) is 8.48. The molecule has 0 radical (unpaired) electrons. The van der Waals surface area contributed by atoms with Crippen molar-refractivity contribution in [2.75, 3.05) is 18.9 Å². The SMILES string of the molecule is CCCNC(C)(CCSc1ccc(C)cc1)C(=O)OCC. The van der Waals surface area contributed by atoms with E-state index in [9.17, 15) is 4.79 Å². The smallest absolute Gasteiger partial charge is 0.326 e. The molecule has 1 rings (SSSR count). The average Bonchev–Trinajstić information content (AvgIpc) is 2.47. The van der Waals surface area contributed by atoms with Gasteiger partial charge in [0.05, 0.1) is 6.61 Å². The standard InChI is InChI=1S/C17H27NO2S/c1-5-12-18-17(4,16(19)20-6-2)11-13-21-15-9-7-14(3)8-10-15/h7-10,18H,5-6,11-13H2,1-4H3. The number of carbonyl (C=O) groups is 1. The second-order valence-electron chi connectivity index (χ2n) is 5.39. The van der Waals surface area contributed by atoms with E-state index in [2.05, 4.69) is 43.4 Å². The molecular weight excluding hydrogens is 282 g/mol. The Labute approximate surface area is 132 Å². The first kappa shape index (κ1) is 18.1. The summed E-state index contributed by atoms with van der Waals surface area (Å²) in [6.45, 7) is 9.22. The molecule has 0 spiro atoms. The molecule has 1 atom stereocenters. The minimum atomic E-state index is -0.594. The van der Waals surface area contributed by atoms with Crippen LogP contribution in [0.1, 0.15) is 39.2 Å². The monoisotopic (exact) mass is 309 g/mol. The van der Waals surface area contributed by atoms with Crippen molar-refractivity contribution in [1.29, 1.82) is 0 Å². The predicted octanol–water partition coefficient (Wildman–Crippen LogP) is 3.80. The highest BCUT2D eigenvalue weighted by Crippen LogP contribution is 2.23. The molecule has 1 aromatic rings. The number of aryl methyl sites for hydroxylation is 1. The Bertz CT molecular complexity index is 433. The zero-order valence-electron chi connectivity index (χ0n) is 13.6. The van der Waals surface area contributed by atoms with E-state index in [-0.39, 0.29) is 5.97 Å². The highest BCUT2D eigenvalue weighted by atomic mass is 32.2. The molecule has 0 amide bonds. The maximum absolute atomic E-state index is 12.2. The third-order valence-corrected chi connectivity index (χ3v) is 4.40. The van der Waals surface area contributed by atoms with Gasteiger partial charge < -0.3 is 10.1 Å². The normalized spacial score (nSPS) is 13.7. The van der Waals surface area contributed by atoms with Crippen molar-refractivity contribution in [1.82, 2.24) is 5.32 Å². The number of esters is 1. The molecular formula is C17H27NO2S. The van der Waals surface area contributed by atoms with E-state index in [1.807, 2.05) is 13.8 Å². The van der Waals surface area contributed by atoms with Crippen LogP contribution in [-0.4, -0.2) is 30.4 Å². The number of rotatable bonds is 9. The fraction of sp³-hybridized carbons (Fsp3) is 0.588. The number of thioether (sulfide) groups is 1. The van der Waals surface area contributed by atoms with Crippen molar-refractivity contribution < 1.29 is 9.53 Å². The molecule has 0 aromatic heterocycles. The van der Waals surface area contributed by atoms with Gasteiger partial charge in [-0.3, -0.25) is 4.79 Å². The van der Waals surface area contributed by atoms with Crippen LogP contribution in [0.25, 0.3) is 0 Å². The van der Waals surface area contributed by atoms with E-state index < -0.39 is 5.54 Å². The second kappa shape index (κ2) is 9.11. The summed E-state index contributed by atoms with van der Waals surface area (Å²) in [7, 11) is 0. The quantitative estimate of drug-likeness (QED) is 0.556. The van der Waals surface area contributed by atoms with Crippen LogP contribution in [0.15, 0.2) is 29.2 Å². The Morgan fingerprint density at radius 2 is 1.95 bits per heavy atom. The van der Waals surface area contributed by atoms with E-state index in [0.717, 1.165) is 25.1 Å². The molecule has 118 valence electrons. The Hall–Kier alpha value is -1.00. The Kier molecular flexibility index (Phi) is 7.83. The molecule has 3 nitrogen and oxygen atoms in total. The van der Waals surface area contributed by atoms with Gasteiger partial charge in [-0.1, -0.05) is 24.6 Å². The van der Waals surface area contributed by atoms with Gasteiger partial charge in [0.25, 0.3) is 0 Å². The lowest BCUT2D eigenvalue weighted by atomic mass is 9.99.